The number of anilines is 1. The van der Waals surface area contributed by atoms with Crippen molar-refractivity contribution in [2.24, 2.45) is 7.05 Å². The Morgan fingerprint density at radius 3 is 2.58 bits per heavy atom. The fourth-order valence-electron chi connectivity index (χ4n) is 3.35. The van der Waals surface area contributed by atoms with Gasteiger partial charge in [0.15, 0.2) is 5.16 Å². The van der Waals surface area contributed by atoms with Crippen molar-refractivity contribution in [3.63, 3.8) is 0 Å². The van der Waals surface area contributed by atoms with Crippen LogP contribution in [0.5, 0.6) is 0 Å². The third-order valence-electron chi connectivity index (χ3n) is 5.16. The quantitative estimate of drug-likeness (QED) is 0.593. The fourth-order valence-corrected chi connectivity index (χ4v) is 3.73. The van der Waals surface area contributed by atoms with Gasteiger partial charge in [-0.1, -0.05) is 11.8 Å². The maximum Gasteiger partial charge on any atom is 0.250 e. The topological polar surface area (TPSA) is 54.3 Å². The van der Waals surface area contributed by atoms with Crippen molar-refractivity contribution in [2.45, 2.75) is 30.5 Å². The summed E-state index contributed by atoms with van der Waals surface area (Å²) in [5, 5.41) is 0.881. The number of piperazine rings is 1. The van der Waals surface area contributed by atoms with Crippen LogP contribution in [-0.2, 0) is 13.6 Å². The van der Waals surface area contributed by atoms with E-state index in [1.165, 1.54) is 18.5 Å². The molecule has 0 atom stereocenters. The monoisotopic (exact) mass is 371 g/mol. The Labute approximate surface area is 158 Å². The summed E-state index contributed by atoms with van der Waals surface area (Å²) in [5.74, 6) is 1.71. The van der Waals surface area contributed by atoms with E-state index in [2.05, 4.69) is 20.9 Å². The van der Waals surface area contributed by atoms with Crippen LogP contribution in [0.25, 0.3) is 0 Å². The van der Waals surface area contributed by atoms with Crippen LogP contribution in [-0.4, -0.2) is 51.9 Å². The van der Waals surface area contributed by atoms with Gasteiger partial charge < -0.3 is 9.47 Å². The molecule has 1 aliphatic carbocycles. The van der Waals surface area contributed by atoms with E-state index >= 15 is 0 Å². The second kappa shape index (κ2) is 7.40. The maximum atomic E-state index is 11.8. The van der Waals surface area contributed by atoms with E-state index in [0.717, 1.165) is 49.3 Å². The van der Waals surface area contributed by atoms with E-state index in [4.69, 9.17) is 4.98 Å². The molecule has 0 amide bonds. The molecule has 2 fully saturated rings. The molecule has 4 rings (SSSR count). The minimum Gasteiger partial charge on any atom is -0.354 e. The third-order valence-corrected chi connectivity index (χ3v) is 5.71. The first kappa shape index (κ1) is 17.5. The molecule has 2 aromatic rings. The van der Waals surface area contributed by atoms with Gasteiger partial charge in [-0.05, 0) is 30.7 Å². The highest BCUT2D eigenvalue weighted by atomic mass is 32.2. The van der Waals surface area contributed by atoms with Crippen LogP contribution in [0.4, 0.5) is 5.82 Å². The largest absolute Gasteiger partial charge is 0.354 e. The number of aryl methyl sites for hydroxylation is 1. The van der Waals surface area contributed by atoms with E-state index in [9.17, 15) is 4.79 Å². The summed E-state index contributed by atoms with van der Waals surface area (Å²) in [6, 6.07) is 5.96. The van der Waals surface area contributed by atoms with Gasteiger partial charge in [-0.25, -0.2) is 9.97 Å². The van der Waals surface area contributed by atoms with Crippen LogP contribution in [0.1, 0.15) is 30.0 Å². The lowest BCUT2D eigenvalue weighted by molar-refractivity contribution is 0.249. The van der Waals surface area contributed by atoms with Crippen LogP contribution >= 0.6 is 11.8 Å². The van der Waals surface area contributed by atoms with E-state index < -0.39 is 0 Å². The predicted octanol–water partition coefficient (Wildman–Crippen LogP) is 2.10. The Kier molecular flexibility index (Phi) is 5.00. The van der Waals surface area contributed by atoms with Gasteiger partial charge in [-0.3, -0.25) is 9.69 Å². The van der Waals surface area contributed by atoms with E-state index in [-0.39, 0.29) is 5.56 Å². The molecule has 0 spiro atoms. The van der Waals surface area contributed by atoms with Crippen LogP contribution in [0.15, 0.2) is 34.3 Å². The van der Waals surface area contributed by atoms with Crippen molar-refractivity contribution in [3.05, 3.63) is 46.0 Å². The lowest BCUT2D eigenvalue weighted by atomic mass is 10.2. The number of pyridine rings is 1. The van der Waals surface area contributed by atoms with E-state index in [1.54, 1.807) is 29.4 Å². The average molecular weight is 372 g/mol. The van der Waals surface area contributed by atoms with Gasteiger partial charge in [0.2, 0.25) is 0 Å². The second-order valence-corrected chi connectivity index (χ2v) is 7.93. The molecular weight excluding hydrogens is 346 g/mol. The number of nitrogens with zero attached hydrogens (tertiary/aromatic N) is 5. The van der Waals surface area contributed by atoms with Gasteiger partial charge in [0.25, 0.3) is 5.56 Å². The third kappa shape index (κ3) is 3.94. The van der Waals surface area contributed by atoms with Crippen LogP contribution in [0.3, 0.4) is 0 Å². The van der Waals surface area contributed by atoms with Crippen molar-refractivity contribution in [3.8, 4) is 0 Å². The predicted molar refractivity (Wildman–Crippen MR) is 105 cm³/mol. The molecule has 2 aliphatic rings. The Bertz CT molecular complexity index is 840. The molecular formula is C19H25N5OS. The molecule has 7 heteroatoms. The van der Waals surface area contributed by atoms with E-state index in [1.807, 2.05) is 18.5 Å². The summed E-state index contributed by atoms with van der Waals surface area (Å²) >= 11 is 1.62. The molecule has 6 nitrogen and oxygen atoms in total. The van der Waals surface area contributed by atoms with Gasteiger partial charge in [0, 0.05) is 64.0 Å². The van der Waals surface area contributed by atoms with Crippen molar-refractivity contribution in [1.29, 1.82) is 0 Å². The summed E-state index contributed by atoms with van der Waals surface area (Å²) in [6.45, 7) is 4.70. The van der Waals surface area contributed by atoms with Crippen molar-refractivity contribution in [1.82, 2.24) is 19.4 Å². The summed E-state index contributed by atoms with van der Waals surface area (Å²) in [5.41, 5.74) is 2.35. The molecule has 1 aliphatic heterocycles. The smallest absolute Gasteiger partial charge is 0.250 e. The first-order valence-electron chi connectivity index (χ1n) is 9.18. The Hall–Kier alpha value is -1.86. The molecule has 138 valence electrons. The minimum absolute atomic E-state index is 0.0549. The van der Waals surface area contributed by atoms with Crippen LogP contribution < -0.4 is 10.5 Å². The number of thioether (sulfide) groups is 1. The fraction of sp³-hybridized carbons (Fsp3) is 0.526. The van der Waals surface area contributed by atoms with Gasteiger partial charge in [-0.15, -0.1) is 0 Å². The Balaban J connectivity index is 1.41. The highest BCUT2D eigenvalue weighted by Crippen LogP contribution is 2.40. The summed E-state index contributed by atoms with van der Waals surface area (Å²) in [6.07, 6.45) is 6.40. The summed E-state index contributed by atoms with van der Waals surface area (Å²) < 4.78 is 1.61. The Morgan fingerprint density at radius 1 is 1.15 bits per heavy atom. The molecule has 3 heterocycles. The number of rotatable bonds is 5. The molecule has 1 saturated heterocycles. The van der Waals surface area contributed by atoms with Gasteiger partial charge in [0.1, 0.15) is 5.82 Å². The normalized spacial score (nSPS) is 18.3. The Morgan fingerprint density at radius 2 is 1.92 bits per heavy atom. The molecule has 0 bridgehead atoms. The molecule has 26 heavy (non-hydrogen) atoms. The van der Waals surface area contributed by atoms with Crippen molar-refractivity contribution in [2.75, 3.05) is 37.3 Å². The molecule has 0 unspecified atom stereocenters. The van der Waals surface area contributed by atoms with Crippen molar-refractivity contribution >= 4 is 17.6 Å². The molecule has 0 N–H and O–H groups in total. The van der Waals surface area contributed by atoms with E-state index in [0.29, 0.717) is 5.92 Å². The average Bonchev–Trinajstić information content (AvgIpc) is 3.50. The standard InChI is InChI=1S/C19H25N5OS/c1-22-6-5-14(11-18(22)25)13-23-7-9-24(10-8-23)17-12-16(15-3-4-15)20-19(21-17)26-2/h5-6,11-12,15H,3-4,7-10,13H2,1-2H3. The van der Waals surface area contributed by atoms with Crippen molar-refractivity contribution < 1.29 is 0 Å². The second-order valence-electron chi connectivity index (χ2n) is 7.16. The van der Waals surface area contributed by atoms with Gasteiger partial charge in [0.05, 0.1) is 5.69 Å². The number of hydrogen-bond donors (Lipinski definition) is 0. The summed E-state index contributed by atoms with van der Waals surface area (Å²) in [4.78, 5) is 26.0. The zero-order valence-corrected chi connectivity index (χ0v) is 16.2. The lowest BCUT2D eigenvalue weighted by Crippen LogP contribution is -2.46. The number of hydrogen-bond acceptors (Lipinski definition) is 6. The lowest BCUT2D eigenvalue weighted by Gasteiger charge is -2.35. The molecule has 1 saturated carbocycles. The number of aromatic nitrogens is 3. The summed E-state index contributed by atoms with van der Waals surface area (Å²) in [7, 11) is 1.78. The molecule has 0 aromatic carbocycles. The van der Waals surface area contributed by atoms with Gasteiger partial charge >= 0.3 is 0 Å². The first-order chi connectivity index (χ1) is 12.6. The zero-order chi connectivity index (χ0) is 18.1. The zero-order valence-electron chi connectivity index (χ0n) is 15.4. The highest BCUT2D eigenvalue weighted by Gasteiger charge is 2.27. The van der Waals surface area contributed by atoms with Gasteiger partial charge in [-0.2, -0.15) is 0 Å². The highest BCUT2D eigenvalue weighted by molar-refractivity contribution is 7.98. The maximum absolute atomic E-state index is 11.8. The van der Waals surface area contributed by atoms with Crippen LogP contribution in [0, 0.1) is 0 Å². The minimum atomic E-state index is 0.0549. The SMILES string of the molecule is CSc1nc(C2CC2)cc(N2CCN(Cc3ccn(C)c(=O)c3)CC2)n1. The van der Waals surface area contributed by atoms with Crippen LogP contribution in [0.2, 0.25) is 0 Å². The first-order valence-corrected chi connectivity index (χ1v) is 10.4. The molecule has 0 radical (unpaired) electrons. The molecule has 2 aromatic heterocycles.